The lowest BCUT2D eigenvalue weighted by Crippen LogP contribution is -2.55. The monoisotopic (exact) mass is 252 g/mol. The number of hydrogen-bond acceptors (Lipinski definition) is 4. The van der Waals surface area contributed by atoms with Gasteiger partial charge in [-0.05, 0) is 19.4 Å². The van der Waals surface area contributed by atoms with E-state index in [9.17, 15) is 10.2 Å². The van der Waals surface area contributed by atoms with E-state index in [4.69, 9.17) is 9.47 Å². The Hall–Kier alpha value is -0.940. The third-order valence-electron chi connectivity index (χ3n) is 3.31. The van der Waals surface area contributed by atoms with Gasteiger partial charge in [-0.3, -0.25) is 0 Å². The number of rotatable bonds is 3. The van der Waals surface area contributed by atoms with Crippen LogP contribution in [0.4, 0.5) is 0 Å². The van der Waals surface area contributed by atoms with Crippen molar-refractivity contribution in [1.82, 2.24) is 0 Å². The van der Waals surface area contributed by atoms with Crippen molar-refractivity contribution in [3.8, 4) is 0 Å². The molecule has 4 atom stereocenters. The molecule has 1 aromatic rings. The summed E-state index contributed by atoms with van der Waals surface area (Å²) in [6, 6.07) is 9.79. The van der Waals surface area contributed by atoms with Crippen molar-refractivity contribution in [2.45, 2.75) is 51.0 Å². The maximum atomic E-state index is 10.1. The molecule has 4 heteroatoms. The van der Waals surface area contributed by atoms with E-state index < -0.39 is 24.1 Å². The zero-order chi connectivity index (χ0) is 13.2. The fourth-order valence-electron chi connectivity index (χ4n) is 2.19. The molecule has 1 heterocycles. The third-order valence-corrected chi connectivity index (χ3v) is 3.31. The van der Waals surface area contributed by atoms with Crippen molar-refractivity contribution in [3.63, 3.8) is 0 Å². The van der Waals surface area contributed by atoms with Gasteiger partial charge in [0.15, 0.2) is 6.29 Å². The van der Waals surface area contributed by atoms with Gasteiger partial charge < -0.3 is 19.7 Å². The van der Waals surface area contributed by atoms with Gasteiger partial charge >= 0.3 is 0 Å². The van der Waals surface area contributed by atoms with Crippen LogP contribution in [0.3, 0.4) is 0 Å². The van der Waals surface area contributed by atoms with Crippen LogP contribution < -0.4 is 0 Å². The first-order chi connectivity index (χ1) is 8.49. The van der Waals surface area contributed by atoms with Crippen molar-refractivity contribution in [2.24, 2.45) is 0 Å². The Labute approximate surface area is 107 Å². The zero-order valence-corrected chi connectivity index (χ0v) is 10.7. The van der Waals surface area contributed by atoms with E-state index in [0.717, 1.165) is 5.56 Å². The molecule has 0 radical (unpaired) electrons. The molecule has 0 aromatic heterocycles. The summed E-state index contributed by atoms with van der Waals surface area (Å²) in [4.78, 5) is 0. The van der Waals surface area contributed by atoms with Gasteiger partial charge in [-0.25, -0.2) is 0 Å². The summed E-state index contributed by atoms with van der Waals surface area (Å²) in [5.41, 5.74) is -0.113. The molecule has 1 aromatic carbocycles. The minimum Gasteiger partial charge on any atom is -0.387 e. The average Bonchev–Trinajstić information content (AvgIpc) is 2.34. The Balaban J connectivity index is 1.91. The Morgan fingerprint density at radius 1 is 1.39 bits per heavy atom. The predicted octanol–water partition coefficient (Wildman–Crippen LogP) is 1.45. The molecule has 0 spiro atoms. The molecular weight excluding hydrogens is 232 g/mol. The first kappa shape index (κ1) is 13.5. The SMILES string of the molecule is C[C@@H]1O[C@@H](OCc2ccccc2)C[C@](C)(O)[C@@H]1O. The molecule has 2 N–H and O–H groups in total. The molecule has 0 bridgehead atoms. The summed E-state index contributed by atoms with van der Waals surface area (Å²) in [7, 11) is 0. The van der Waals surface area contributed by atoms with Crippen LogP contribution in [0.15, 0.2) is 30.3 Å². The Kier molecular flexibility index (Phi) is 4.02. The number of aliphatic hydroxyl groups excluding tert-OH is 1. The summed E-state index contributed by atoms with van der Waals surface area (Å²) < 4.78 is 11.2. The van der Waals surface area contributed by atoms with Crippen LogP contribution in [0.2, 0.25) is 0 Å². The maximum Gasteiger partial charge on any atom is 0.161 e. The van der Waals surface area contributed by atoms with Crippen LogP contribution in [0.1, 0.15) is 25.8 Å². The van der Waals surface area contributed by atoms with E-state index in [1.54, 1.807) is 13.8 Å². The summed E-state index contributed by atoms with van der Waals surface area (Å²) in [6.45, 7) is 3.77. The van der Waals surface area contributed by atoms with Crippen LogP contribution >= 0.6 is 0 Å². The molecule has 1 fully saturated rings. The standard InChI is InChI=1S/C14H20O4/c1-10-13(15)14(2,16)8-12(18-10)17-9-11-6-4-3-5-7-11/h3-7,10,12-13,15-16H,8-9H2,1-2H3/t10-,12+,13+,14-/m0/s1. The summed E-state index contributed by atoms with van der Waals surface area (Å²) in [5.74, 6) is 0. The zero-order valence-electron chi connectivity index (χ0n) is 10.7. The largest absolute Gasteiger partial charge is 0.387 e. The minimum atomic E-state index is -1.17. The smallest absolute Gasteiger partial charge is 0.161 e. The molecule has 1 aliphatic rings. The highest BCUT2D eigenvalue weighted by molar-refractivity contribution is 5.13. The first-order valence-corrected chi connectivity index (χ1v) is 6.20. The fraction of sp³-hybridized carbons (Fsp3) is 0.571. The third kappa shape index (κ3) is 3.09. The number of hydrogen-bond donors (Lipinski definition) is 2. The summed E-state index contributed by atoms with van der Waals surface area (Å²) >= 11 is 0. The van der Waals surface area contributed by atoms with Crippen molar-refractivity contribution in [2.75, 3.05) is 0 Å². The molecular formula is C14H20O4. The van der Waals surface area contributed by atoms with E-state index in [1.807, 2.05) is 30.3 Å². The second-order valence-corrected chi connectivity index (χ2v) is 5.07. The highest BCUT2D eigenvalue weighted by atomic mass is 16.7. The molecule has 18 heavy (non-hydrogen) atoms. The number of aliphatic hydroxyl groups is 2. The van der Waals surface area contributed by atoms with Gasteiger partial charge in [-0.1, -0.05) is 30.3 Å². The highest BCUT2D eigenvalue weighted by Gasteiger charge is 2.43. The summed E-state index contributed by atoms with van der Waals surface area (Å²) in [5, 5.41) is 19.8. The quantitative estimate of drug-likeness (QED) is 0.855. The van der Waals surface area contributed by atoms with Crippen LogP contribution in [0, 0.1) is 0 Å². The Morgan fingerprint density at radius 3 is 2.67 bits per heavy atom. The lowest BCUT2D eigenvalue weighted by molar-refractivity contribution is -0.275. The maximum absolute atomic E-state index is 10.1. The molecule has 100 valence electrons. The molecule has 0 saturated carbocycles. The number of ether oxygens (including phenoxy) is 2. The van der Waals surface area contributed by atoms with Crippen LogP contribution in [0.25, 0.3) is 0 Å². The Bertz CT molecular complexity index is 377. The van der Waals surface area contributed by atoms with Gasteiger partial charge in [0.25, 0.3) is 0 Å². The first-order valence-electron chi connectivity index (χ1n) is 6.20. The average molecular weight is 252 g/mol. The molecule has 1 saturated heterocycles. The van der Waals surface area contributed by atoms with Crippen molar-refractivity contribution in [3.05, 3.63) is 35.9 Å². The Morgan fingerprint density at radius 2 is 2.06 bits per heavy atom. The van der Waals surface area contributed by atoms with Gasteiger partial charge in [-0.15, -0.1) is 0 Å². The lowest BCUT2D eigenvalue weighted by Gasteiger charge is -2.41. The normalized spacial score (nSPS) is 36.6. The van der Waals surface area contributed by atoms with Crippen molar-refractivity contribution < 1.29 is 19.7 Å². The van der Waals surface area contributed by atoms with Gasteiger partial charge in [0, 0.05) is 6.42 Å². The van der Waals surface area contributed by atoms with Gasteiger partial charge in [0.2, 0.25) is 0 Å². The second kappa shape index (κ2) is 5.36. The summed E-state index contributed by atoms with van der Waals surface area (Å²) in [6.07, 6.45) is -1.53. The fourth-order valence-corrected chi connectivity index (χ4v) is 2.19. The molecule has 0 aliphatic carbocycles. The lowest BCUT2D eigenvalue weighted by atomic mass is 9.89. The molecule has 0 amide bonds. The van der Waals surface area contributed by atoms with Crippen LogP contribution in [-0.4, -0.2) is 34.3 Å². The van der Waals surface area contributed by atoms with E-state index >= 15 is 0 Å². The topological polar surface area (TPSA) is 58.9 Å². The van der Waals surface area contributed by atoms with Crippen LogP contribution in [-0.2, 0) is 16.1 Å². The van der Waals surface area contributed by atoms with Gasteiger partial charge in [0.1, 0.15) is 6.10 Å². The molecule has 0 unspecified atom stereocenters. The van der Waals surface area contributed by atoms with Crippen molar-refractivity contribution in [1.29, 1.82) is 0 Å². The minimum absolute atomic E-state index is 0.269. The van der Waals surface area contributed by atoms with Crippen molar-refractivity contribution >= 4 is 0 Å². The van der Waals surface area contributed by atoms with E-state index in [-0.39, 0.29) is 6.42 Å². The molecule has 4 nitrogen and oxygen atoms in total. The van der Waals surface area contributed by atoms with E-state index in [1.165, 1.54) is 0 Å². The van der Waals surface area contributed by atoms with Crippen LogP contribution in [0.5, 0.6) is 0 Å². The van der Waals surface area contributed by atoms with Gasteiger partial charge in [0.05, 0.1) is 18.3 Å². The number of benzene rings is 1. The second-order valence-electron chi connectivity index (χ2n) is 5.07. The molecule has 1 aliphatic heterocycles. The van der Waals surface area contributed by atoms with E-state index in [0.29, 0.717) is 6.61 Å². The van der Waals surface area contributed by atoms with Gasteiger partial charge in [-0.2, -0.15) is 0 Å². The predicted molar refractivity (Wildman–Crippen MR) is 66.8 cm³/mol. The highest BCUT2D eigenvalue weighted by Crippen LogP contribution is 2.29. The molecule has 2 rings (SSSR count). The van der Waals surface area contributed by atoms with E-state index in [2.05, 4.69) is 0 Å².